The molecule has 1 saturated carbocycles. The van der Waals surface area contributed by atoms with Crippen LogP contribution in [0.3, 0.4) is 0 Å². The van der Waals surface area contributed by atoms with Crippen molar-refractivity contribution in [3.05, 3.63) is 40.2 Å². The molecular weight excluding hydrogens is 339 g/mol. The number of aryl methyl sites for hydroxylation is 1. The molecule has 25 heavy (non-hydrogen) atoms. The van der Waals surface area contributed by atoms with E-state index in [9.17, 15) is 4.39 Å². The fourth-order valence-electron chi connectivity index (χ4n) is 3.30. The fourth-order valence-corrected chi connectivity index (χ4v) is 3.50. The van der Waals surface area contributed by atoms with Crippen LogP contribution in [0, 0.1) is 16.5 Å². The Kier molecular flexibility index (Phi) is 5.96. The fraction of sp³-hybridized carbons (Fsp3) is 0.500. The summed E-state index contributed by atoms with van der Waals surface area (Å²) in [6.45, 7) is 0. The van der Waals surface area contributed by atoms with E-state index in [0.717, 1.165) is 24.6 Å². The van der Waals surface area contributed by atoms with Gasteiger partial charge in [-0.05, 0) is 48.3 Å². The van der Waals surface area contributed by atoms with E-state index >= 15 is 0 Å². The number of benzene rings is 1. The molecule has 1 fully saturated rings. The van der Waals surface area contributed by atoms with Crippen LogP contribution in [0.5, 0.6) is 5.75 Å². The van der Waals surface area contributed by atoms with Crippen molar-refractivity contribution >= 4 is 18.4 Å². The Balaban J connectivity index is 1.70. The molecule has 5 nitrogen and oxygen atoms in total. The van der Waals surface area contributed by atoms with Crippen LogP contribution in [0.1, 0.15) is 49.9 Å². The molecular formula is C18H23FN4OS. The van der Waals surface area contributed by atoms with E-state index < -0.39 is 5.82 Å². The average Bonchev–Trinajstić information content (AvgIpc) is 2.99. The van der Waals surface area contributed by atoms with E-state index in [0.29, 0.717) is 10.3 Å². The first-order valence-electron chi connectivity index (χ1n) is 8.71. The molecule has 0 amide bonds. The van der Waals surface area contributed by atoms with Crippen molar-refractivity contribution in [1.29, 1.82) is 0 Å². The highest BCUT2D eigenvalue weighted by molar-refractivity contribution is 7.71. The van der Waals surface area contributed by atoms with Crippen LogP contribution in [0.15, 0.2) is 23.3 Å². The number of nitrogens with one attached hydrogen (secondary N) is 1. The number of aromatic amines is 1. The van der Waals surface area contributed by atoms with Gasteiger partial charge in [0.2, 0.25) is 4.77 Å². The van der Waals surface area contributed by atoms with Gasteiger partial charge in [0.25, 0.3) is 0 Å². The molecule has 0 spiro atoms. The molecule has 1 aliphatic carbocycles. The van der Waals surface area contributed by atoms with Gasteiger partial charge in [-0.1, -0.05) is 32.1 Å². The van der Waals surface area contributed by atoms with Gasteiger partial charge in [-0.25, -0.2) is 4.39 Å². The Morgan fingerprint density at radius 3 is 2.92 bits per heavy atom. The molecule has 1 N–H and O–H groups in total. The summed E-state index contributed by atoms with van der Waals surface area (Å²) in [5.41, 5.74) is 0.639. The molecule has 0 saturated heterocycles. The quantitative estimate of drug-likeness (QED) is 0.609. The van der Waals surface area contributed by atoms with Crippen molar-refractivity contribution in [3.8, 4) is 5.75 Å². The minimum absolute atomic E-state index is 0.213. The highest BCUT2D eigenvalue weighted by atomic mass is 32.1. The smallest absolute Gasteiger partial charge is 0.216 e. The average molecular weight is 362 g/mol. The third-order valence-corrected chi connectivity index (χ3v) is 4.98. The maximum Gasteiger partial charge on any atom is 0.216 e. The summed E-state index contributed by atoms with van der Waals surface area (Å²) in [5.74, 6) is 1.39. The number of aromatic nitrogens is 3. The summed E-state index contributed by atoms with van der Waals surface area (Å²) in [6.07, 6.45) is 10.2. The lowest BCUT2D eigenvalue weighted by Crippen LogP contribution is -2.09. The molecule has 1 heterocycles. The van der Waals surface area contributed by atoms with E-state index in [1.807, 2.05) is 0 Å². The normalized spacial score (nSPS) is 15.8. The van der Waals surface area contributed by atoms with Gasteiger partial charge in [-0.15, -0.1) is 0 Å². The van der Waals surface area contributed by atoms with Gasteiger partial charge in [0.15, 0.2) is 17.4 Å². The van der Waals surface area contributed by atoms with E-state index in [1.165, 1.54) is 45.3 Å². The van der Waals surface area contributed by atoms with Crippen molar-refractivity contribution in [3.63, 3.8) is 0 Å². The SMILES string of the molecule is COc1ccc(/C=N\n2c(CCC3CCCCC3)n[nH]c2=S)cc1F. The molecule has 0 radical (unpaired) electrons. The van der Waals surface area contributed by atoms with Gasteiger partial charge in [0.05, 0.1) is 13.3 Å². The summed E-state index contributed by atoms with van der Waals surface area (Å²) in [6, 6.07) is 4.71. The first-order valence-corrected chi connectivity index (χ1v) is 9.12. The number of nitrogens with zero attached hydrogens (tertiary/aromatic N) is 3. The number of ether oxygens (including phenoxy) is 1. The second-order valence-corrected chi connectivity index (χ2v) is 6.82. The Labute approximate surface area is 151 Å². The molecule has 1 aromatic carbocycles. The number of methoxy groups -OCH3 is 1. The Bertz CT molecular complexity index is 793. The van der Waals surface area contributed by atoms with Crippen LogP contribution in [0.4, 0.5) is 4.39 Å². The second-order valence-electron chi connectivity index (χ2n) is 6.44. The molecule has 134 valence electrons. The van der Waals surface area contributed by atoms with Crippen molar-refractivity contribution in [1.82, 2.24) is 14.9 Å². The lowest BCUT2D eigenvalue weighted by Gasteiger charge is -2.20. The predicted octanol–water partition coefficient (Wildman–Crippen LogP) is 4.48. The van der Waals surface area contributed by atoms with E-state index in [4.69, 9.17) is 17.0 Å². The Morgan fingerprint density at radius 1 is 1.40 bits per heavy atom. The van der Waals surface area contributed by atoms with Crippen molar-refractivity contribution < 1.29 is 9.13 Å². The monoisotopic (exact) mass is 362 g/mol. The minimum atomic E-state index is -0.417. The minimum Gasteiger partial charge on any atom is -0.494 e. The van der Waals surface area contributed by atoms with Gasteiger partial charge >= 0.3 is 0 Å². The van der Waals surface area contributed by atoms with Crippen LogP contribution in [0.25, 0.3) is 0 Å². The van der Waals surface area contributed by atoms with E-state index in [2.05, 4.69) is 15.3 Å². The molecule has 1 aliphatic rings. The lowest BCUT2D eigenvalue weighted by atomic mass is 9.86. The van der Waals surface area contributed by atoms with Gasteiger partial charge < -0.3 is 4.74 Å². The van der Waals surface area contributed by atoms with Gasteiger partial charge in [0, 0.05) is 6.42 Å². The van der Waals surface area contributed by atoms with Crippen LogP contribution in [-0.4, -0.2) is 28.2 Å². The summed E-state index contributed by atoms with van der Waals surface area (Å²) in [5, 5.41) is 11.5. The van der Waals surface area contributed by atoms with Crippen LogP contribution in [0.2, 0.25) is 0 Å². The zero-order valence-electron chi connectivity index (χ0n) is 14.4. The topological polar surface area (TPSA) is 55.2 Å². The Hall–Kier alpha value is -2.02. The third kappa shape index (κ3) is 4.54. The number of hydrogen-bond acceptors (Lipinski definition) is 4. The molecule has 0 aliphatic heterocycles. The van der Waals surface area contributed by atoms with Gasteiger partial charge in [-0.3, -0.25) is 5.10 Å². The zero-order chi connectivity index (χ0) is 17.6. The largest absolute Gasteiger partial charge is 0.494 e. The number of hydrogen-bond donors (Lipinski definition) is 1. The van der Waals surface area contributed by atoms with Gasteiger partial charge in [-0.2, -0.15) is 14.9 Å². The molecule has 2 aromatic rings. The van der Waals surface area contributed by atoms with E-state index in [-0.39, 0.29) is 5.75 Å². The molecule has 0 atom stereocenters. The predicted molar refractivity (Wildman–Crippen MR) is 98.3 cm³/mol. The maximum atomic E-state index is 13.8. The first-order chi connectivity index (χ1) is 12.2. The standard InChI is InChI=1S/C18H23FN4OS/c1-24-16-9-7-14(11-15(16)19)12-20-23-17(21-22-18(23)25)10-8-13-5-3-2-4-6-13/h7,9,11-13H,2-6,8,10H2,1H3,(H,22,25)/b20-12-. The maximum absolute atomic E-state index is 13.8. The summed E-state index contributed by atoms with van der Waals surface area (Å²) in [4.78, 5) is 0. The van der Waals surface area contributed by atoms with Crippen LogP contribution >= 0.6 is 12.2 Å². The Morgan fingerprint density at radius 2 is 2.20 bits per heavy atom. The van der Waals surface area contributed by atoms with Crippen LogP contribution in [-0.2, 0) is 6.42 Å². The zero-order valence-corrected chi connectivity index (χ0v) is 15.2. The third-order valence-electron chi connectivity index (χ3n) is 4.72. The molecule has 1 aromatic heterocycles. The highest BCUT2D eigenvalue weighted by Gasteiger charge is 2.15. The number of rotatable bonds is 6. The molecule has 0 bridgehead atoms. The van der Waals surface area contributed by atoms with Gasteiger partial charge in [0.1, 0.15) is 0 Å². The molecule has 7 heteroatoms. The first kappa shape index (κ1) is 17.8. The summed E-state index contributed by atoms with van der Waals surface area (Å²) < 4.78 is 20.8. The summed E-state index contributed by atoms with van der Waals surface area (Å²) in [7, 11) is 1.44. The highest BCUT2D eigenvalue weighted by Crippen LogP contribution is 2.27. The molecule has 3 rings (SSSR count). The summed E-state index contributed by atoms with van der Waals surface area (Å²) >= 11 is 5.26. The van der Waals surface area contributed by atoms with E-state index in [1.54, 1.807) is 23.0 Å². The van der Waals surface area contributed by atoms with Crippen molar-refractivity contribution in [2.75, 3.05) is 7.11 Å². The van der Waals surface area contributed by atoms with Crippen LogP contribution < -0.4 is 4.74 Å². The molecule has 0 unspecified atom stereocenters. The van der Waals surface area contributed by atoms with Crippen molar-refractivity contribution in [2.24, 2.45) is 11.0 Å². The number of halogens is 1. The lowest BCUT2D eigenvalue weighted by molar-refractivity contribution is 0.336. The van der Waals surface area contributed by atoms with Crippen molar-refractivity contribution in [2.45, 2.75) is 44.9 Å². The second kappa shape index (κ2) is 8.38. The number of H-pyrrole nitrogens is 1.